The molecule has 4 rings (SSSR count). The van der Waals surface area contributed by atoms with Gasteiger partial charge in [0.1, 0.15) is 12.8 Å². The Kier molecular flexibility index (Phi) is 4.80. The first kappa shape index (κ1) is 16.9. The molecule has 1 aliphatic rings. The average molecular weight is 351 g/mol. The zero-order valence-electron chi connectivity index (χ0n) is 14.8. The Bertz CT molecular complexity index is 861. The van der Waals surface area contributed by atoms with Crippen LogP contribution in [0.4, 0.5) is 4.39 Å². The normalized spacial score (nSPS) is 19.8. The topological polar surface area (TPSA) is 39.9 Å². The molecule has 1 saturated heterocycles. The van der Waals surface area contributed by atoms with Crippen LogP contribution in [0.5, 0.6) is 0 Å². The van der Waals surface area contributed by atoms with Crippen LogP contribution in [-0.4, -0.2) is 21.4 Å². The van der Waals surface area contributed by atoms with E-state index in [4.69, 9.17) is 9.72 Å². The molecule has 0 bridgehead atoms. The van der Waals surface area contributed by atoms with E-state index in [0.29, 0.717) is 5.82 Å². The second-order valence-electron chi connectivity index (χ2n) is 6.67. The predicted molar refractivity (Wildman–Crippen MR) is 98.4 cm³/mol. The molecule has 0 saturated carbocycles. The summed E-state index contributed by atoms with van der Waals surface area (Å²) in [5.41, 5.74) is 3.29. The lowest BCUT2D eigenvalue weighted by Gasteiger charge is -2.14. The third kappa shape index (κ3) is 3.40. The Morgan fingerprint density at radius 1 is 1.04 bits per heavy atom. The van der Waals surface area contributed by atoms with Gasteiger partial charge in [0.2, 0.25) is 0 Å². The fourth-order valence-electron chi connectivity index (χ4n) is 3.40. The minimum atomic E-state index is -0.474. The number of hydrogen-bond donors (Lipinski definition) is 0. The zero-order chi connectivity index (χ0) is 17.9. The summed E-state index contributed by atoms with van der Waals surface area (Å²) in [5.74, 6) is 1.34. The highest BCUT2D eigenvalue weighted by atomic mass is 19.1. The van der Waals surface area contributed by atoms with Crippen LogP contribution in [0, 0.1) is 6.92 Å². The van der Waals surface area contributed by atoms with Crippen molar-refractivity contribution in [1.29, 1.82) is 0 Å². The maximum absolute atomic E-state index is 13.0. The molecule has 5 heteroatoms. The van der Waals surface area contributed by atoms with E-state index in [9.17, 15) is 4.39 Å². The summed E-state index contributed by atoms with van der Waals surface area (Å²) in [5, 5.41) is 4.53. The van der Waals surface area contributed by atoms with Gasteiger partial charge in [-0.2, -0.15) is 5.10 Å². The molecule has 0 N–H and O–H groups in total. The Morgan fingerprint density at radius 3 is 2.50 bits per heavy atom. The second kappa shape index (κ2) is 7.38. The number of alkyl halides is 1. The Balaban J connectivity index is 1.60. The highest BCUT2D eigenvalue weighted by Crippen LogP contribution is 2.40. The molecule has 1 aromatic heterocycles. The van der Waals surface area contributed by atoms with Crippen LogP contribution in [0.25, 0.3) is 11.4 Å². The van der Waals surface area contributed by atoms with Gasteiger partial charge in [0.05, 0.1) is 12.6 Å². The highest BCUT2D eigenvalue weighted by molar-refractivity contribution is 5.55. The second-order valence-corrected chi connectivity index (χ2v) is 6.67. The van der Waals surface area contributed by atoms with Crippen LogP contribution in [0.1, 0.15) is 42.0 Å². The van der Waals surface area contributed by atoms with Crippen LogP contribution in [-0.2, 0) is 11.3 Å². The molecule has 3 aromatic rings. The van der Waals surface area contributed by atoms with Crippen LogP contribution in [0.2, 0.25) is 0 Å². The number of nitrogens with zero attached hydrogens (tertiary/aromatic N) is 3. The van der Waals surface area contributed by atoms with Gasteiger partial charge < -0.3 is 4.74 Å². The van der Waals surface area contributed by atoms with Crippen LogP contribution >= 0.6 is 0 Å². The molecular formula is C21H22FN3O. The van der Waals surface area contributed by atoms with Gasteiger partial charge in [-0.15, -0.1) is 0 Å². The zero-order valence-corrected chi connectivity index (χ0v) is 14.8. The van der Waals surface area contributed by atoms with Gasteiger partial charge in [0.25, 0.3) is 0 Å². The molecule has 2 aromatic carbocycles. The van der Waals surface area contributed by atoms with Gasteiger partial charge in [-0.3, -0.25) is 0 Å². The third-order valence-electron chi connectivity index (χ3n) is 4.79. The minimum Gasteiger partial charge on any atom is -0.362 e. The quantitative estimate of drug-likeness (QED) is 0.662. The van der Waals surface area contributed by atoms with E-state index in [2.05, 4.69) is 17.2 Å². The molecule has 0 amide bonds. The van der Waals surface area contributed by atoms with Crippen molar-refractivity contribution in [3.05, 3.63) is 71.5 Å². The first-order chi connectivity index (χ1) is 12.7. The largest absolute Gasteiger partial charge is 0.362 e. The SMILES string of the molecule is Cc1ccc(-c2nc([C@@H]3CC[C@H](c4ccccc4)O3)n(CCF)n2)cc1. The van der Waals surface area contributed by atoms with E-state index < -0.39 is 6.67 Å². The van der Waals surface area contributed by atoms with Crippen molar-refractivity contribution in [2.75, 3.05) is 6.67 Å². The van der Waals surface area contributed by atoms with E-state index in [1.165, 1.54) is 11.1 Å². The molecule has 0 radical (unpaired) electrons. The molecule has 2 atom stereocenters. The summed E-state index contributed by atoms with van der Waals surface area (Å²) in [7, 11) is 0. The van der Waals surface area contributed by atoms with Crippen molar-refractivity contribution in [3.8, 4) is 11.4 Å². The maximum Gasteiger partial charge on any atom is 0.181 e. The van der Waals surface area contributed by atoms with Crippen molar-refractivity contribution < 1.29 is 9.13 Å². The fourth-order valence-corrected chi connectivity index (χ4v) is 3.40. The predicted octanol–water partition coefficient (Wildman–Crippen LogP) is 4.82. The van der Waals surface area contributed by atoms with E-state index >= 15 is 0 Å². The average Bonchev–Trinajstić information content (AvgIpc) is 3.31. The molecule has 2 heterocycles. The monoisotopic (exact) mass is 351 g/mol. The summed E-state index contributed by atoms with van der Waals surface area (Å²) >= 11 is 0. The van der Waals surface area contributed by atoms with Crippen molar-refractivity contribution in [2.45, 2.75) is 38.5 Å². The Hall–Kier alpha value is -2.53. The standard InChI is InChI=1S/C21H22FN3O/c1-15-7-9-17(10-8-15)20-23-21(25(24-20)14-13-22)19-12-11-18(26-19)16-5-3-2-4-6-16/h2-10,18-19H,11-14H2,1H3/t18-,19+/m1/s1. The molecule has 0 unspecified atom stereocenters. The van der Waals surface area contributed by atoms with Gasteiger partial charge in [0, 0.05) is 5.56 Å². The molecule has 1 aliphatic heterocycles. The van der Waals surface area contributed by atoms with Gasteiger partial charge in [-0.05, 0) is 25.3 Å². The maximum atomic E-state index is 13.0. The van der Waals surface area contributed by atoms with E-state index in [1.807, 2.05) is 49.4 Å². The van der Waals surface area contributed by atoms with Crippen molar-refractivity contribution in [3.63, 3.8) is 0 Å². The molecule has 1 fully saturated rings. The van der Waals surface area contributed by atoms with Gasteiger partial charge in [0.15, 0.2) is 11.6 Å². The van der Waals surface area contributed by atoms with Crippen molar-refractivity contribution >= 4 is 0 Å². The minimum absolute atomic E-state index is 0.0551. The summed E-state index contributed by atoms with van der Waals surface area (Å²) in [6.45, 7) is 1.77. The first-order valence-electron chi connectivity index (χ1n) is 9.03. The summed E-state index contributed by atoms with van der Waals surface area (Å²) in [4.78, 5) is 4.70. The van der Waals surface area contributed by atoms with Crippen molar-refractivity contribution in [2.24, 2.45) is 0 Å². The number of aryl methyl sites for hydroxylation is 2. The van der Waals surface area contributed by atoms with E-state index in [0.717, 1.165) is 24.2 Å². The molecule has 0 spiro atoms. The van der Waals surface area contributed by atoms with Gasteiger partial charge in [-0.25, -0.2) is 14.1 Å². The summed E-state index contributed by atoms with van der Waals surface area (Å²) < 4.78 is 20.9. The van der Waals surface area contributed by atoms with E-state index in [1.54, 1.807) is 4.68 Å². The smallest absolute Gasteiger partial charge is 0.181 e. The molecule has 4 nitrogen and oxygen atoms in total. The molecule has 26 heavy (non-hydrogen) atoms. The molecule has 134 valence electrons. The number of halogens is 1. The summed E-state index contributed by atoms with van der Waals surface area (Å²) in [6, 6.07) is 18.3. The molecular weight excluding hydrogens is 329 g/mol. The van der Waals surface area contributed by atoms with Gasteiger partial charge >= 0.3 is 0 Å². The highest BCUT2D eigenvalue weighted by Gasteiger charge is 2.31. The van der Waals surface area contributed by atoms with Crippen LogP contribution < -0.4 is 0 Å². The van der Waals surface area contributed by atoms with Crippen LogP contribution in [0.3, 0.4) is 0 Å². The number of rotatable bonds is 5. The number of ether oxygens (including phenoxy) is 1. The number of benzene rings is 2. The number of aromatic nitrogens is 3. The lowest BCUT2D eigenvalue weighted by atomic mass is 10.1. The first-order valence-corrected chi connectivity index (χ1v) is 9.03. The third-order valence-corrected chi connectivity index (χ3v) is 4.79. The van der Waals surface area contributed by atoms with E-state index in [-0.39, 0.29) is 18.8 Å². The lowest BCUT2D eigenvalue weighted by molar-refractivity contribution is 0.0362. The lowest BCUT2D eigenvalue weighted by Crippen LogP contribution is -2.11. The van der Waals surface area contributed by atoms with Crippen molar-refractivity contribution in [1.82, 2.24) is 14.8 Å². The number of hydrogen-bond acceptors (Lipinski definition) is 3. The molecule has 0 aliphatic carbocycles. The Morgan fingerprint density at radius 2 is 1.77 bits per heavy atom. The Labute approximate surface area is 152 Å². The van der Waals surface area contributed by atoms with Crippen LogP contribution in [0.15, 0.2) is 54.6 Å². The fraction of sp³-hybridized carbons (Fsp3) is 0.333. The summed E-state index contributed by atoms with van der Waals surface area (Å²) in [6.07, 6.45) is 1.69. The van der Waals surface area contributed by atoms with Gasteiger partial charge in [-0.1, -0.05) is 60.2 Å².